The van der Waals surface area contributed by atoms with Crippen molar-refractivity contribution in [2.24, 2.45) is 5.73 Å². The minimum Gasteiger partial charge on any atom is -0.444 e. The number of amides is 1. The lowest BCUT2D eigenvalue weighted by atomic mass is 10.1. The lowest BCUT2D eigenvalue weighted by Gasteiger charge is -2.23. The molecule has 2 saturated heterocycles. The van der Waals surface area contributed by atoms with Crippen LogP contribution in [-0.4, -0.2) is 68.2 Å². The van der Waals surface area contributed by atoms with E-state index in [4.69, 9.17) is 20.7 Å². The molecular weight excluding hydrogens is 407 g/mol. The fourth-order valence-corrected chi connectivity index (χ4v) is 3.30. The third-order valence-corrected chi connectivity index (χ3v) is 4.86. The van der Waals surface area contributed by atoms with Crippen LogP contribution in [0.2, 0.25) is 0 Å². The van der Waals surface area contributed by atoms with Gasteiger partial charge in [0, 0.05) is 19.5 Å². The van der Waals surface area contributed by atoms with E-state index in [0.717, 1.165) is 0 Å². The molecule has 1 aromatic rings. The molecule has 0 aliphatic carbocycles. The lowest BCUT2D eigenvalue weighted by molar-refractivity contribution is -0.129. The third kappa shape index (κ3) is 4.93. The highest BCUT2D eigenvalue weighted by Crippen LogP contribution is 2.29. The molecule has 0 unspecified atom stereocenters. The molecular formula is C18H22F3N5O4. The maximum atomic E-state index is 14.8. The van der Waals surface area contributed by atoms with Crippen LogP contribution in [0.5, 0.6) is 0 Å². The Morgan fingerprint density at radius 2 is 2.07 bits per heavy atom. The molecule has 0 bridgehead atoms. The zero-order valence-electron chi connectivity index (χ0n) is 16.0. The molecule has 2 fully saturated rings. The van der Waals surface area contributed by atoms with Crippen molar-refractivity contribution in [2.75, 3.05) is 42.6 Å². The normalized spacial score (nSPS) is 19.8. The number of nitrogens with zero attached hydrogens (tertiary/aromatic N) is 3. The zero-order chi connectivity index (χ0) is 21.8. The summed E-state index contributed by atoms with van der Waals surface area (Å²) in [6.45, 7) is 1.30. The van der Waals surface area contributed by atoms with Gasteiger partial charge in [0.05, 0.1) is 31.1 Å². The smallest absolute Gasteiger partial charge is 0.414 e. The summed E-state index contributed by atoms with van der Waals surface area (Å²) in [6, 6.07) is 4.27. The van der Waals surface area contributed by atoms with Crippen LogP contribution in [0.4, 0.5) is 29.3 Å². The molecule has 30 heavy (non-hydrogen) atoms. The van der Waals surface area contributed by atoms with Crippen molar-refractivity contribution in [3.8, 4) is 0 Å². The number of nitrogens with one attached hydrogen (secondary N) is 1. The Labute approximate surface area is 170 Å². The Morgan fingerprint density at radius 1 is 1.30 bits per heavy atom. The highest BCUT2D eigenvalue weighted by molar-refractivity contribution is 5.90. The zero-order valence-corrected chi connectivity index (χ0v) is 16.0. The predicted molar refractivity (Wildman–Crippen MR) is 101 cm³/mol. The number of Topliss-reactive ketones (excluding diaryl/α,β-unsaturated/α-hetero) is 1. The number of hydrogen-bond acceptors (Lipinski definition) is 6. The summed E-state index contributed by atoms with van der Waals surface area (Å²) < 4.78 is 44.5. The molecule has 2 aliphatic heterocycles. The van der Waals surface area contributed by atoms with Gasteiger partial charge in [-0.15, -0.1) is 0 Å². The summed E-state index contributed by atoms with van der Waals surface area (Å²) in [4.78, 5) is 31.4. The van der Waals surface area contributed by atoms with Crippen molar-refractivity contribution in [3.05, 3.63) is 24.0 Å². The van der Waals surface area contributed by atoms with Gasteiger partial charge in [0.2, 0.25) is 5.96 Å². The van der Waals surface area contributed by atoms with E-state index in [2.05, 4.69) is 0 Å². The molecule has 2 heterocycles. The number of hydrogen-bond donors (Lipinski definition) is 2. The number of carbonyl (C=O) groups is 2. The van der Waals surface area contributed by atoms with Gasteiger partial charge < -0.3 is 15.4 Å². The number of hydroxylamine groups is 2. The van der Waals surface area contributed by atoms with Crippen LogP contribution >= 0.6 is 0 Å². The van der Waals surface area contributed by atoms with E-state index in [9.17, 15) is 22.8 Å². The van der Waals surface area contributed by atoms with Gasteiger partial charge in [-0.05, 0) is 24.6 Å². The maximum absolute atomic E-state index is 14.8. The average Bonchev–Trinajstić information content (AvgIpc) is 2.90. The number of ether oxygens (including phenoxy) is 1. The second-order valence-corrected chi connectivity index (χ2v) is 6.87. The van der Waals surface area contributed by atoms with Gasteiger partial charge in [0.25, 0.3) is 6.43 Å². The molecule has 0 radical (unpaired) electrons. The summed E-state index contributed by atoms with van der Waals surface area (Å²) in [6.07, 6.45) is -4.91. The van der Waals surface area contributed by atoms with Gasteiger partial charge in [-0.1, -0.05) is 0 Å². The highest BCUT2D eigenvalue weighted by Gasteiger charge is 2.33. The molecule has 0 spiro atoms. The Kier molecular flexibility index (Phi) is 6.65. The van der Waals surface area contributed by atoms with Crippen LogP contribution in [0.3, 0.4) is 0 Å². The van der Waals surface area contributed by atoms with E-state index >= 15 is 0 Å². The van der Waals surface area contributed by atoms with E-state index in [0.29, 0.717) is 18.8 Å². The first kappa shape index (κ1) is 21.7. The van der Waals surface area contributed by atoms with Crippen molar-refractivity contribution in [3.63, 3.8) is 0 Å². The molecule has 0 aromatic heterocycles. The molecule has 2 aliphatic rings. The molecule has 3 rings (SSSR count). The SMILES string of the molecule is N=C(N)N1CCN(c2ccc(N3C[C@H](CCC(=O)C(F)F)OC3=O)cc2F)CCO1. The van der Waals surface area contributed by atoms with Crippen molar-refractivity contribution in [2.45, 2.75) is 25.4 Å². The van der Waals surface area contributed by atoms with Crippen molar-refractivity contribution < 1.29 is 32.3 Å². The Balaban J connectivity index is 1.64. The van der Waals surface area contributed by atoms with Gasteiger partial charge in [0.1, 0.15) is 11.9 Å². The van der Waals surface area contributed by atoms with Crippen LogP contribution in [0.1, 0.15) is 12.8 Å². The largest absolute Gasteiger partial charge is 0.444 e. The molecule has 12 heteroatoms. The second kappa shape index (κ2) is 9.20. The summed E-state index contributed by atoms with van der Waals surface area (Å²) in [5.74, 6) is -2.00. The minimum absolute atomic E-state index is 0.0214. The summed E-state index contributed by atoms with van der Waals surface area (Å²) >= 11 is 0. The highest BCUT2D eigenvalue weighted by atomic mass is 19.3. The molecule has 1 atom stereocenters. The first-order chi connectivity index (χ1) is 14.3. The standard InChI is InChI=1S/C18H22F3N5O4/c19-13-9-11(25-10-12(30-18(25)28)2-4-15(27)16(20)21)1-3-14(13)24-5-6-26(17(22)23)29-8-7-24/h1,3,9,12,16H,2,4-8,10H2,(H3,22,23)/t12-/m0/s1. The quantitative estimate of drug-likeness (QED) is 0.523. The fourth-order valence-electron chi connectivity index (χ4n) is 3.30. The first-order valence-corrected chi connectivity index (χ1v) is 9.34. The molecule has 1 aromatic carbocycles. The van der Waals surface area contributed by atoms with Crippen LogP contribution in [0.25, 0.3) is 0 Å². The van der Waals surface area contributed by atoms with Gasteiger partial charge in [0.15, 0.2) is 5.78 Å². The van der Waals surface area contributed by atoms with Crippen LogP contribution < -0.4 is 15.5 Å². The summed E-state index contributed by atoms with van der Waals surface area (Å²) in [5, 5.41) is 8.64. The average molecular weight is 429 g/mol. The molecule has 3 N–H and O–H groups in total. The molecule has 9 nitrogen and oxygen atoms in total. The van der Waals surface area contributed by atoms with Crippen molar-refractivity contribution in [1.82, 2.24) is 5.06 Å². The summed E-state index contributed by atoms with van der Waals surface area (Å²) in [5.41, 5.74) is 5.97. The number of cyclic esters (lactones) is 1. The maximum Gasteiger partial charge on any atom is 0.414 e. The fraction of sp³-hybridized carbons (Fsp3) is 0.500. The van der Waals surface area contributed by atoms with E-state index in [1.54, 1.807) is 11.0 Å². The topological polar surface area (TPSA) is 112 Å². The second-order valence-electron chi connectivity index (χ2n) is 6.87. The number of nitrogens with two attached hydrogens (primary N) is 1. The van der Waals surface area contributed by atoms with Crippen molar-refractivity contribution in [1.29, 1.82) is 5.41 Å². The van der Waals surface area contributed by atoms with Crippen LogP contribution in [0.15, 0.2) is 18.2 Å². The Bertz CT molecular complexity index is 825. The third-order valence-electron chi connectivity index (χ3n) is 4.86. The number of benzene rings is 1. The summed E-state index contributed by atoms with van der Waals surface area (Å²) in [7, 11) is 0. The van der Waals surface area contributed by atoms with E-state index in [1.807, 2.05) is 0 Å². The van der Waals surface area contributed by atoms with Gasteiger partial charge in [-0.3, -0.25) is 19.9 Å². The molecule has 1 amide bonds. The van der Waals surface area contributed by atoms with E-state index in [1.165, 1.54) is 22.1 Å². The number of halogens is 3. The van der Waals surface area contributed by atoms with Crippen LogP contribution in [-0.2, 0) is 14.4 Å². The predicted octanol–water partition coefficient (Wildman–Crippen LogP) is 1.71. The molecule has 164 valence electrons. The number of anilines is 2. The monoisotopic (exact) mass is 429 g/mol. The lowest BCUT2D eigenvalue weighted by Crippen LogP contribution is -2.38. The van der Waals surface area contributed by atoms with Gasteiger partial charge in [-0.25, -0.2) is 23.0 Å². The Hall–Kier alpha value is -3.02. The minimum atomic E-state index is -3.05. The van der Waals surface area contributed by atoms with Crippen molar-refractivity contribution >= 4 is 29.2 Å². The molecule has 0 saturated carbocycles. The number of carbonyl (C=O) groups excluding carboxylic acids is 2. The Morgan fingerprint density at radius 3 is 2.73 bits per heavy atom. The number of ketones is 1. The number of rotatable bonds is 6. The van der Waals surface area contributed by atoms with E-state index in [-0.39, 0.29) is 37.8 Å². The van der Waals surface area contributed by atoms with Crippen LogP contribution in [0, 0.1) is 11.2 Å². The van der Waals surface area contributed by atoms with Gasteiger partial charge in [-0.2, -0.15) is 0 Å². The van der Waals surface area contributed by atoms with E-state index < -0.39 is 36.6 Å². The van der Waals surface area contributed by atoms with Gasteiger partial charge >= 0.3 is 6.09 Å². The number of alkyl halides is 2. The number of guanidine groups is 1. The first-order valence-electron chi connectivity index (χ1n) is 9.34.